The number of allylic oxidation sites excluding steroid dienone is 1. The van der Waals surface area contributed by atoms with Crippen molar-refractivity contribution in [2.75, 3.05) is 0 Å². The third-order valence-electron chi connectivity index (χ3n) is 3.70. The van der Waals surface area contributed by atoms with Crippen LogP contribution in [0, 0.1) is 10.1 Å². The van der Waals surface area contributed by atoms with E-state index in [1.165, 1.54) is 22.8 Å². The fourth-order valence-electron chi connectivity index (χ4n) is 2.51. The number of nitro groups is 1. The molecule has 1 atom stereocenters. The molecule has 0 amide bonds. The summed E-state index contributed by atoms with van der Waals surface area (Å²) in [6, 6.07) is 13.0. The molecule has 2 aromatic carbocycles. The molecule has 0 spiro atoms. The molecule has 3 rings (SSSR count). The molecule has 1 N–H and O–H groups in total. The van der Waals surface area contributed by atoms with Crippen molar-refractivity contribution in [1.82, 2.24) is 9.55 Å². The van der Waals surface area contributed by atoms with Gasteiger partial charge in [0.05, 0.1) is 16.0 Å². The monoisotopic (exact) mass is 337 g/mol. The van der Waals surface area contributed by atoms with Gasteiger partial charge in [0.15, 0.2) is 0 Å². The lowest BCUT2D eigenvalue weighted by atomic mass is 10.2. The molecule has 0 aliphatic rings. The Hall–Kier alpha value is -3.32. The van der Waals surface area contributed by atoms with Gasteiger partial charge in [-0.15, -0.1) is 0 Å². The number of hydrogen-bond acceptors (Lipinski definition) is 5. The molecule has 0 aliphatic heterocycles. The minimum absolute atomic E-state index is 0.0135. The van der Waals surface area contributed by atoms with Crippen LogP contribution in [0.2, 0.25) is 0 Å². The van der Waals surface area contributed by atoms with Gasteiger partial charge in [0.2, 0.25) is 0 Å². The normalized spacial score (nSPS) is 12.6. The van der Waals surface area contributed by atoms with Gasteiger partial charge in [0, 0.05) is 18.2 Å². The van der Waals surface area contributed by atoms with Gasteiger partial charge in [-0.1, -0.05) is 12.1 Å². The molecule has 7 heteroatoms. The number of benzene rings is 2. The van der Waals surface area contributed by atoms with Crippen molar-refractivity contribution in [3.63, 3.8) is 0 Å². The summed E-state index contributed by atoms with van der Waals surface area (Å²) < 4.78 is 1.36. The number of aromatic nitrogens is 2. The molecule has 0 fully saturated rings. The summed E-state index contributed by atoms with van der Waals surface area (Å²) in [5.41, 5.74) is 1.87. The van der Waals surface area contributed by atoms with Crippen LogP contribution in [0.1, 0.15) is 29.2 Å². The van der Waals surface area contributed by atoms with Crippen molar-refractivity contribution in [1.29, 1.82) is 0 Å². The maximum absolute atomic E-state index is 12.6. The highest BCUT2D eigenvalue weighted by Gasteiger charge is 2.18. The third-order valence-corrected chi connectivity index (χ3v) is 3.70. The topological polar surface area (TPSA) is 98.3 Å². The van der Waals surface area contributed by atoms with Crippen molar-refractivity contribution >= 4 is 28.7 Å². The zero-order valence-corrected chi connectivity index (χ0v) is 13.4. The highest BCUT2D eigenvalue weighted by atomic mass is 16.6. The molecule has 0 aliphatic carbocycles. The molecule has 126 valence electrons. The van der Waals surface area contributed by atoms with E-state index in [0.717, 1.165) is 0 Å². The predicted molar refractivity (Wildman–Crippen MR) is 93.1 cm³/mol. The largest absolute Gasteiger partial charge is 0.385 e. The fourth-order valence-corrected chi connectivity index (χ4v) is 2.51. The van der Waals surface area contributed by atoms with Gasteiger partial charge in [0.25, 0.3) is 11.6 Å². The number of hydrogen-bond donors (Lipinski definition) is 1. The molecular weight excluding hydrogens is 322 g/mol. The average molecular weight is 337 g/mol. The van der Waals surface area contributed by atoms with E-state index in [-0.39, 0.29) is 17.4 Å². The summed E-state index contributed by atoms with van der Waals surface area (Å²) in [4.78, 5) is 27.1. The van der Waals surface area contributed by atoms with E-state index in [1.54, 1.807) is 43.3 Å². The predicted octanol–water partition coefficient (Wildman–Crippen LogP) is 3.35. The number of aliphatic hydroxyl groups is 1. The Balaban J connectivity index is 1.94. The Labute approximate surface area is 143 Å². The van der Waals surface area contributed by atoms with Gasteiger partial charge in [-0.25, -0.2) is 4.98 Å². The molecule has 1 heterocycles. The fraction of sp³-hybridized carbons (Fsp3) is 0.111. The first-order chi connectivity index (χ1) is 12.0. The first-order valence-electron chi connectivity index (χ1n) is 7.59. The quantitative estimate of drug-likeness (QED) is 0.447. The number of imidazole rings is 1. The van der Waals surface area contributed by atoms with E-state index in [2.05, 4.69) is 4.98 Å². The van der Waals surface area contributed by atoms with Crippen molar-refractivity contribution in [3.8, 4) is 0 Å². The summed E-state index contributed by atoms with van der Waals surface area (Å²) in [5, 5.41) is 20.6. The van der Waals surface area contributed by atoms with Gasteiger partial charge in [0.1, 0.15) is 11.9 Å². The molecule has 25 heavy (non-hydrogen) atoms. The van der Waals surface area contributed by atoms with Gasteiger partial charge in [-0.3, -0.25) is 19.5 Å². The Kier molecular flexibility index (Phi) is 4.40. The molecule has 0 saturated carbocycles. The summed E-state index contributed by atoms with van der Waals surface area (Å²) in [6.07, 6.45) is 2.01. The number of nitro benzene ring substituents is 1. The summed E-state index contributed by atoms with van der Waals surface area (Å²) in [7, 11) is 0. The van der Waals surface area contributed by atoms with Crippen LogP contribution in [0.5, 0.6) is 0 Å². The summed E-state index contributed by atoms with van der Waals surface area (Å²) in [5.74, 6) is -0.0949. The molecule has 7 nitrogen and oxygen atoms in total. The van der Waals surface area contributed by atoms with Gasteiger partial charge in [-0.2, -0.15) is 0 Å². The lowest BCUT2D eigenvalue weighted by Gasteiger charge is -2.07. The van der Waals surface area contributed by atoms with Crippen LogP contribution in [0.4, 0.5) is 5.69 Å². The van der Waals surface area contributed by atoms with Crippen LogP contribution in [0.15, 0.2) is 54.6 Å². The Morgan fingerprint density at radius 1 is 1.24 bits per heavy atom. The van der Waals surface area contributed by atoms with Crippen molar-refractivity contribution in [2.24, 2.45) is 0 Å². The number of aliphatic hydroxyl groups excluding tert-OH is 1. The minimum Gasteiger partial charge on any atom is -0.385 e. The number of carbonyl (C=O) groups excluding carboxylic acids is 1. The number of para-hydroxylation sites is 2. The average Bonchev–Trinajstić information content (AvgIpc) is 3.00. The number of nitrogens with zero attached hydrogens (tertiary/aromatic N) is 3. The van der Waals surface area contributed by atoms with E-state index >= 15 is 0 Å². The van der Waals surface area contributed by atoms with E-state index < -0.39 is 11.0 Å². The zero-order chi connectivity index (χ0) is 18.0. The lowest BCUT2D eigenvalue weighted by molar-refractivity contribution is -0.384. The maximum Gasteiger partial charge on any atom is 0.269 e. The lowest BCUT2D eigenvalue weighted by Crippen LogP contribution is -2.13. The standard InChI is InChI=1S/C18H15N3O4/c1-12(22)18-19-15-4-2-3-5-16(15)20(18)17(23)11-8-13-6-9-14(10-7-13)21(24)25/h2-12,22H,1H3. The molecule has 0 bridgehead atoms. The molecule has 0 saturated heterocycles. The molecular formula is C18H15N3O4. The highest BCUT2D eigenvalue weighted by Crippen LogP contribution is 2.21. The number of carbonyl (C=O) groups is 1. The van der Waals surface area contributed by atoms with Crippen molar-refractivity contribution in [3.05, 3.63) is 76.1 Å². The van der Waals surface area contributed by atoms with Crippen molar-refractivity contribution < 1.29 is 14.8 Å². The number of non-ortho nitro benzene ring substituents is 1. The van der Waals surface area contributed by atoms with Crippen LogP contribution in [-0.2, 0) is 0 Å². The van der Waals surface area contributed by atoms with E-state index in [0.29, 0.717) is 16.6 Å². The van der Waals surface area contributed by atoms with Crippen LogP contribution in [0.3, 0.4) is 0 Å². The van der Waals surface area contributed by atoms with Crippen LogP contribution in [0.25, 0.3) is 17.1 Å². The van der Waals surface area contributed by atoms with E-state index in [1.807, 2.05) is 6.07 Å². The highest BCUT2D eigenvalue weighted by molar-refractivity contribution is 6.00. The van der Waals surface area contributed by atoms with Crippen LogP contribution in [-0.4, -0.2) is 25.5 Å². The molecule has 1 unspecified atom stereocenters. The first kappa shape index (κ1) is 16.5. The smallest absolute Gasteiger partial charge is 0.269 e. The van der Waals surface area contributed by atoms with Crippen molar-refractivity contribution in [2.45, 2.75) is 13.0 Å². The third kappa shape index (κ3) is 3.31. The molecule has 0 radical (unpaired) electrons. The number of fused-ring (bicyclic) bond motifs is 1. The summed E-state index contributed by atoms with van der Waals surface area (Å²) >= 11 is 0. The molecule has 3 aromatic rings. The minimum atomic E-state index is -0.899. The van der Waals surface area contributed by atoms with Gasteiger partial charge >= 0.3 is 0 Å². The second kappa shape index (κ2) is 6.66. The number of rotatable bonds is 4. The Morgan fingerprint density at radius 2 is 1.92 bits per heavy atom. The van der Waals surface area contributed by atoms with Crippen LogP contribution < -0.4 is 0 Å². The summed E-state index contributed by atoms with van der Waals surface area (Å²) in [6.45, 7) is 1.55. The van der Waals surface area contributed by atoms with E-state index in [9.17, 15) is 20.0 Å². The molecule has 1 aromatic heterocycles. The zero-order valence-electron chi connectivity index (χ0n) is 13.4. The Morgan fingerprint density at radius 3 is 2.56 bits per heavy atom. The second-order valence-corrected chi connectivity index (χ2v) is 5.49. The Bertz CT molecular complexity index is 972. The second-order valence-electron chi connectivity index (χ2n) is 5.49. The SMILES string of the molecule is CC(O)c1nc2ccccc2n1C(=O)C=Cc1ccc([N+](=O)[O-])cc1. The van der Waals surface area contributed by atoms with Crippen LogP contribution >= 0.6 is 0 Å². The van der Waals surface area contributed by atoms with Gasteiger partial charge < -0.3 is 5.11 Å². The first-order valence-corrected chi connectivity index (χ1v) is 7.59. The van der Waals surface area contributed by atoms with Gasteiger partial charge in [-0.05, 0) is 42.8 Å². The van der Waals surface area contributed by atoms with E-state index in [4.69, 9.17) is 0 Å². The maximum atomic E-state index is 12.6.